The van der Waals surface area contributed by atoms with Crippen LogP contribution in [0.3, 0.4) is 0 Å². The molecule has 0 aliphatic carbocycles. The summed E-state index contributed by atoms with van der Waals surface area (Å²) in [6.07, 6.45) is -0.968. The molecule has 0 aromatic heterocycles. The second-order valence-corrected chi connectivity index (χ2v) is 3.85. The maximum Gasteiger partial charge on any atom is 0.326 e. The number of aliphatic hydroxyl groups is 1. The number of ether oxygens (including phenoxy) is 1. The van der Waals surface area contributed by atoms with Gasteiger partial charge in [0.2, 0.25) is 6.23 Å². The summed E-state index contributed by atoms with van der Waals surface area (Å²) < 4.78 is 5.16. The molecule has 1 aromatic rings. The second-order valence-electron chi connectivity index (χ2n) is 3.85. The molecule has 2 rings (SSSR count). The lowest BCUT2D eigenvalue weighted by Crippen LogP contribution is -2.37. The molecule has 1 unspecified atom stereocenters. The fraction of sp³-hybridized carbons (Fsp3) is 0.333. The van der Waals surface area contributed by atoms with Crippen LogP contribution < -0.4 is 5.32 Å². The fourth-order valence-corrected chi connectivity index (χ4v) is 1.75. The van der Waals surface area contributed by atoms with Gasteiger partial charge in [0, 0.05) is 0 Å². The van der Waals surface area contributed by atoms with Crippen molar-refractivity contribution in [2.24, 2.45) is 0 Å². The highest BCUT2D eigenvalue weighted by Gasteiger charge is 2.38. The first kappa shape index (κ1) is 12.5. The molecule has 0 spiro atoms. The van der Waals surface area contributed by atoms with Crippen molar-refractivity contribution >= 4 is 11.9 Å². The minimum atomic E-state index is -0.968. The third kappa shape index (κ3) is 2.66. The van der Waals surface area contributed by atoms with Crippen LogP contribution >= 0.6 is 0 Å². The summed E-state index contributed by atoms with van der Waals surface area (Å²) >= 11 is 0. The van der Waals surface area contributed by atoms with Gasteiger partial charge in [-0.1, -0.05) is 30.3 Å². The maximum atomic E-state index is 11.6. The smallest absolute Gasteiger partial charge is 0.326 e. The van der Waals surface area contributed by atoms with Gasteiger partial charge in [-0.15, -0.1) is 0 Å². The summed E-state index contributed by atoms with van der Waals surface area (Å²) in [5.74, 6) is -0.496. The Morgan fingerprint density at radius 1 is 1.28 bits per heavy atom. The predicted molar refractivity (Wildman–Crippen MR) is 62.3 cm³/mol. The van der Waals surface area contributed by atoms with Gasteiger partial charge < -0.3 is 9.84 Å². The van der Waals surface area contributed by atoms with E-state index in [0.717, 1.165) is 5.56 Å². The molecule has 2 N–H and O–H groups in total. The number of amides is 3. The summed E-state index contributed by atoms with van der Waals surface area (Å²) in [6, 6.07) is 8.83. The first-order valence-corrected chi connectivity index (χ1v) is 5.60. The normalized spacial score (nSPS) is 19.2. The Morgan fingerprint density at radius 2 is 2.00 bits per heavy atom. The number of urea groups is 1. The fourth-order valence-electron chi connectivity index (χ4n) is 1.75. The van der Waals surface area contributed by atoms with Gasteiger partial charge in [0.15, 0.2) is 0 Å². The standard InChI is InChI=1S/C12H14N2O4/c15-6-7-18-11-10(16)13-12(17)14(11)8-9-4-2-1-3-5-9/h1-5,11,15H,6-8H2,(H,13,16,17). The molecule has 1 aliphatic rings. The van der Waals surface area contributed by atoms with Crippen LogP contribution in [-0.4, -0.2) is 41.4 Å². The van der Waals surface area contributed by atoms with Crippen molar-refractivity contribution < 1.29 is 19.4 Å². The Bertz CT molecular complexity index is 435. The molecule has 96 valence electrons. The molecule has 1 heterocycles. The number of imide groups is 1. The topological polar surface area (TPSA) is 78.9 Å². The van der Waals surface area contributed by atoms with E-state index in [1.165, 1.54) is 4.90 Å². The average Bonchev–Trinajstić information content (AvgIpc) is 2.63. The zero-order valence-electron chi connectivity index (χ0n) is 9.70. The van der Waals surface area contributed by atoms with Crippen LogP contribution in [0.15, 0.2) is 30.3 Å². The molecule has 1 aromatic carbocycles. The molecule has 1 saturated heterocycles. The predicted octanol–water partition coefficient (Wildman–Crippen LogP) is 0.0734. The summed E-state index contributed by atoms with van der Waals surface area (Å²) in [7, 11) is 0. The van der Waals surface area contributed by atoms with Gasteiger partial charge in [-0.3, -0.25) is 15.0 Å². The first-order valence-electron chi connectivity index (χ1n) is 5.60. The van der Waals surface area contributed by atoms with E-state index in [0.29, 0.717) is 0 Å². The van der Waals surface area contributed by atoms with Crippen molar-refractivity contribution in [2.75, 3.05) is 13.2 Å². The van der Waals surface area contributed by atoms with E-state index in [-0.39, 0.29) is 19.8 Å². The Morgan fingerprint density at radius 3 is 2.67 bits per heavy atom. The van der Waals surface area contributed by atoms with Crippen molar-refractivity contribution in [3.05, 3.63) is 35.9 Å². The highest BCUT2D eigenvalue weighted by molar-refractivity contribution is 6.03. The summed E-state index contributed by atoms with van der Waals surface area (Å²) in [5, 5.41) is 10.9. The minimum Gasteiger partial charge on any atom is -0.394 e. The molecular weight excluding hydrogens is 236 g/mol. The van der Waals surface area contributed by atoms with Crippen LogP contribution in [0, 0.1) is 0 Å². The number of benzene rings is 1. The molecule has 18 heavy (non-hydrogen) atoms. The molecule has 0 saturated carbocycles. The van der Waals surface area contributed by atoms with Crippen molar-refractivity contribution in [1.82, 2.24) is 10.2 Å². The van der Waals surface area contributed by atoms with Gasteiger partial charge in [-0.05, 0) is 5.56 Å². The molecule has 1 atom stereocenters. The number of rotatable bonds is 5. The molecule has 1 aliphatic heterocycles. The molecule has 0 bridgehead atoms. The number of aliphatic hydroxyl groups excluding tert-OH is 1. The largest absolute Gasteiger partial charge is 0.394 e. The lowest BCUT2D eigenvalue weighted by atomic mass is 10.2. The van der Waals surface area contributed by atoms with Crippen LogP contribution in [-0.2, 0) is 16.1 Å². The summed E-state index contributed by atoms with van der Waals surface area (Å²) in [4.78, 5) is 24.4. The lowest BCUT2D eigenvalue weighted by molar-refractivity contribution is -0.137. The van der Waals surface area contributed by atoms with Crippen LogP contribution in [0.4, 0.5) is 4.79 Å². The van der Waals surface area contributed by atoms with Crippen LogP contribution in [0.25, 0.3) is 0 Å². The van der Waals surface area contributed by atoms with Crippen LogP contribution in [0.5, 0.6) is 0 Å². The average molecular weight is 250 g/mol. The third-order valence-electron chi connectivity index (χ3n) is 2.56. The van der Waals surface area contributed by atoms with Crippen molar-refractivity contribution in [3.63, 3.8) is 0 Å². The van der Waals surface area contributed by atoms with E-state index in [9.17, 15) is 9.59 Å². The molecule has 1 fully saturated rings. The maximum absolute atomic E-state index is 11.6. The van der Waals surface area contributed by atoms with Gasteiger partial charge in [0.1, 0.15) is 0 Å². The van der Waals surface area contributed by atoms with Crippen molar-refractivity contribution in [2.45, 2.75) is 12.8 Å². The van der Waals surface area contributed by atoms with Crippen LogP contribution in [0.2, 0.25) is 0 Å². The molecule has 0 radical (unpaired) electrons. The van der Waals surface area contributed by atoms with Crippen LogP contribution in [0.1, 0.15) is 5.56 Å². The summed E-state index contributed by atoms with van der Waals surface area (Å²) in [5.41, 5.74) is 0.903. The molecule has 6 heteroatoms. The van der Waals surface area contributed by atoms with Gasteiger partial charge in [-0.25, -0.2) is 4.79 Å². The van der Waals surface area contributed by atoms with E-state index in [2.05, 4.69) is 5.32 Å². The van der Waals surface area contributed by atoms with Crippen molar-refractivity contribution in [3.8, 4) is 0 Å². The van der Waals surface area contributed by atoms with Crippen molar-refractivity contribution in [1.29, 1.82) is 0 Å². The summed E-state index contributed by atoms with van der Waals surface area (Å²) in [6.45, 7) is 0.0995. The Hall–Kier alpha value is -1.92. The van der Waals surface area contributed by atoms with Gasteiger partial charge in [0.05, 0.1) is 19.8 Å². The molecule has 6 nitrogen and oxygen atoms in total. The van der Waals surface area contributed by atoms with E-state index in [4.69, 9.17) is 9.84 Å². The second kappa shape index (κ2) is 5.61. The van der Waals surface area contributed by atoms with Gasteiger partial charge in [-0.2, -0.15) is 0 Å². The van der Waals surface area contributed by atoms with Gasteiger partial charge in [0.25, 0.3) is 5.91 Å². The monoisotopic (exact) mass is 250 g/mol. The Balaban J connectivity index is 2.08. The first-order chi connectivity index (χ1) is 8.72. The van der Waals surface area contributed by atoms with E-state index < -0.39 is 18.2 Å². The third-order valence-corrected chi connectivity index (χ3v) is 2.56. The molecular formula is C12H14N2O4. The highest BCUT2D eigenvalue weighted by atomic mass is 16.5. The number of nitrogens with zero attached hydrogens (tertiary/aromatic N) is 1. The SMILES string of the molecule is O=C1NC(=O)N(Cc2ccccc2)C1OCCO. The number of hydrogen-bond acceptors (Lipinski definition) is 4. The Labute approximate surface area is 104 Å². The zero-order valence-corrected chi connectivity index (χ0v) is 9.70. The Kier molecular flexibility index (Phi) is 3.91. The minimum absolute atomic E-state index is 0.0106. The van der Waals surface area contributed by atoms with E-state index in [1.54, 1.807) is 0 Å². The molecule has 3 amide bonds. The number of carbonyl (C=O) groups excluding carboxylic acids is 2. The van der Waals surface area contributed by atoms with E-state index in [1.807, 2.05) is 30.3 Å². The quantitative estimate of drug-likeness (QED) is 0.725. The zero-order chi connectivity index (χ0) is 13.0. The number of carbonyl (C=O) groups is 2. The van der Waals surface area contributed by atoms with Gasteiger partial charge >= 0.3 is 6.03 Å². The lowest BCUT2D eigenvalue weighted by Gasteiger charge is -2.21. The van der Waals surface area contributed by atoms with E-state index >= 15 is 0 Å². The number of nitrogens with one attached hydrogen (secondary N) is 1. The highest BCUT2D eigenvalue weighted by Crippen LogP contribution is 2.14. The number of hydrogen-bond donors (Lipinski definition) is 2.